The molecule has 0 radical (unpaired) electrons. The van der Waals surface area contributed by atoms with E-state index in [1.165, 1.54) is 22.5 Å². The molecule has 3 nitrogen and oxygen atoms in total. The Bertz CT molecular complexity index is 934. The summed E-state index contributed by atoms with van der Waals surface area (Å²) in [5.41, 5.74) is 1.86. The zero-order chi connectivity index (χ0) is 18.9. The fraction of sp³-hybridized carbons (Fsp3) is 0.222. The van der Waals surface area contributed by atoms with Crippen LogP contribution in [0.3, 0.4) is 0 Å². The second kappa shape index (κ2) is 7.11. The molecule has 1 aromatic heterocycles. The Kier molecular flexibility index (Phi) is 5.04. The number of hydrogen-bond acceptors (Lipinski definition) is 3. The first-order valence-corrected chi connectivity index (χ1v) is 8.93. The van der Waals surface area contributed by atoms with Gasteiger partial charge in [-0.1, -0.05) is 23.8 Å². The highest BCUT2D eigenvalue weighted by Gasteiger charge is 2.31. The molecule has 136 valence electrons. The van der Waals surface area contributed by atoms with E-state index in [1.807, 2.05) is 13.0 Å². The first-order valence-electron chi connectivity index (χ1n) is 7.70. The SMILES string of the molecule is CSc1ccc(-n2nc(CC(F)(F)F)nc2-c2cccc(C)c2)cc1F. The van der Waals surface area contributed by atoms with Gasteiger partial charge < -0.3 is 0 Å². The Hall–Kier alpha value is -2.35. The third-order valence-corrected chi connectivity index (χ3v) is 4.44. The predicted octanol–water partition coefficient (Wildman–Crippen LogP) is 5.21. The average molecular weight is 381 g/mol. The van der Waals surface area contributed by atoms with E-state index in [-0.39, 0.29) is 11.6 Å². The van der Waals surface area contributed by atoms with Gasteiger partial charge in [0, 0.05) is 16.5 Å². The van der Waals surface area contributed by atoms with Crippen molar-refractivity contribution in [1.82, 2.24) is 14.8 Å². The molecule has 0 aliphatic carbocycles. The molecule has 0 saturated heterocycles. The first kappa shape index (κ1) is 18.4. The molecule has 0 atom stereocenters. The molecule has 2 aromatic carbocycles. The van der Waals surface area contributed by atoms with Gasteiger partial charge in [0.05, 0.1) is 5.69 Å². The lowest BCUT2D eigenvalue weighted by atomic mass is 10.1. The van der Waals surface area contributed by atoms with Crippen LogP contribution in [0.4, 0.5) is 17.6 Å². The number of rotatable bonds is 4. The number of nitrogens with zero attached hydrogens (tertiary/aromatic N) is 3. The van der Waals surface area contributed by atoms with Crippen LogP contribution in [0.1, 0.15) is 11.4 Å². The van der Waals surface area contributed by atoms with E-state index < -0.39 is 18.4 Å². The fourth-order valence-corrected chi connectivity index (χ4v) is 3.01. The van der Waals surface area contributed by atoms with Gasteiger partial charge in [-0.05, 0) is 31.4 Å². The number of hydrogen-bond donors (Lipinski definition) is 0. The van der Waals surface area contributed by atoms with Gasteiger partial charge in [0.2, 0.25) is 0 Å². The van der Waals surface area contributed by atoms with Crippen LogP contribution in [0.25, 0.3) is 17.1 Å². The molecule has 0 amide bonds. The van der Waals surface area contributed by atoms with Gasteiger partial charge in [0.1, 0.15) is 12.2 Å². The maximum atomic E-state index is 14.1. The van der Waals surface area contributed by atoms with E-state index in [0.717, 1.165) is 5.56 Å². The van der Waals surface area contributed by atoms with Crippen molar-refractivity contribution in [2.24, 2.45) is 0 Å². The van der Waals surface area contributed by atoms with Crippen LogP contribution in [0, 0.1) is 12.7 Å². The number of aryl methyl sites for hydroxylation is 1. The van der Waals surface area contributed by atoms with Crippen molar-refractivity contribution < 1.29 is 17.6 Å². The molecule has 0 aliphatic heterocycles. The molecular weight excluding hydrogens is 366 g/mol. The highest BCUT2D eigenvalue weighted by molar-refractivity contribution is 7.98. The van der Waals surface area contributed by atoms with Crippen LogP contribution >= 0.6 is 11.8 Å². The minimum absolute atomic E-state index is 0.240. The number of thioether (sulfide) groups is 1. The lowest BCUT2D eigenvalue weighted by Crippen LogP contribution is -2.13. The summed E-state index contributed by atoms with van der Waals surface area (Å²) in [5.74, 6) is -0.578. The molecule has 0 saturated carbocycles. The van der Waals surface area contributed by atoms with E-state index in [1.54, 1.807) is 36.6 Å². The summed E-state index contributed by atoms with van der Waals surface area (Å²) < 4.78 is 53.7. The van der Waals surface area contributed by atoms with Crippen molar-refractivity contribution in [2.45, 2.75) is 24.4 Å². The van der Waals surface area contributed by atoms with Crippen molar-refractivity contribution in [3.05, 3.63) is 59.7 Å². The summed E-state index contributed by atoms with van der Waals surface area (Å²) in [6, 6.07) is 11.6. The van der Waals surface area contributed by atoms with Crippen LogP contribution in [-0.4, -0.2) is 27.2 Å². The molecule has 26 heavy (non-hydrogen) atoms. The third-order valence-electron chi connectivity index (χ3n) is 3.67. The van der Waals surface area contributed by atoms with E-state index in [9.17, 15) is 17.6 Å². The second-order valence-corrected chi connectivity index (χ2v) is 6.59. The summed E-state index contributed by atoms with van der Waals surface area (Å²) >= 11 is 1.25. The molecule has 0 spiro atoms. The van der Waals surface area contributed by atoms with E-state index in [0.29, 0.717) is 16.1 Å². The van der Waals surface area contributed by atoms with Gasteiger partial charge in [-0.15, -0.1) is 11.8 Å². The Labute approximate surface area is 152 Å². The standard InChI is InChI=1S/C18H15F4N3S/c1-11-4-3-5-12(8-11)17-23-16(10-18(20,21)22)24-25(17)13-6-7-15(26-2)14(19)9-13/h3-9H,10H2,1-2H3. The summed E-state index contributed by atoms with van der Waals surface area (Å²) in [6.45, 7) is 1.87. The molecular formula is C18H15F4N3S. The van der Waals surface area contributed by atoms with E-state index >= 15 is 0 Å². The minimum atomic E-state index is -4.43. The summed E-state index contributed by atoms with van der Waals surface area (Å²) in [7, 11) is 0. The highest BCUT2D eigenvalue weighted by Crippen LogP contribution is 2.27. The Morgan fingerprint density at radius 1 is 1.12 bits per heavy atom. The molecule has 0 N–H and O–H groups in total. The molecule has 3 rings (SSSR count). The number of benzene rings is 2. The highest BCUT2D eigenvalue weighted by atomic mass is 32.2. The van der Waals surface area contributed by atoms with Crippen LogP contribution < -0.4 is 0 Å². The predicted molar refractivity (Wildman–Crippen MR) is 93.0 cm³/mol. The Morgan fingerprint density at radius 2 is 1.88 bits per heavy atom. The van der Waals surface area contributed by atoms with Crippen LogP contribution in [0.2, 0.25) is 0 Å². The second-order valence-electron chi connectivity index (χ2n) is 5.74. The number of aromatic nitrogens is 3. The maximum Gasteiger partial charge on any atom is 0.396 e. The first-order chi connectivity index (χ1) is 12.3. The summed E-state index contributed by atoms with van der Waals surface area (Å²) in [6.07, 6.45) is -3.93. The minimum Gasteiger partial charge on any atom is -0.213 e. The zero-order valence-electron chi connectivity index (χ0n) is 14.0. The lowest BCUT2D eigenvalue weighted by Gasteiger charge is -2.08. The zero-order valence-corrected chi connectivity index (χ0v) is 14.8. The normalized spacial score (nSPS) is 11.8. The van der Waals surface area contributed by atoms with Gasteiger partial charge in [0.15, 0.2) is 11.6 Å². The number of halogens is 4. The van der Waals surface area contributed by atoms with Gasteiger partial charge in [-0.25, -0.2) is 14.1 Å². The summed E-state index contributed by atoms with van der Waals surface area (Å²) in [4.78, 5) is 4.51. The Morgan fingerprint density at radius 3 is 2.50 bits per heavy atom. The van der Waals surface area contributed by atoms with Crippen molar-refractivity contribution >= 4 is 11.8 Å². The van der Waals surface area contributed by atoms with E-state index in [2.05, 4.69) is 10.1 Å². The van der Waals surface area contributed by atoms with Crippen molar-refractivity contribution in [2.75, 3.05) is 6.26 Å². The van der Waals surface area contributed by atoms with Crippen LogP contribution in [-0.2, 0) is 6.42 Å². The largest absolute Gasteiger partial charge is 0.396 e. The van der Waals surface area contributed by atoms with Crippen molar-refractivity contribution in [3.63, 3.8) is 0 Å². The Balaban J connectivity index is 2.14. The molecule has 0 bridgehead atoms. The maximum absolute atomic E-state index is 14.1. The van der Waals surface area contributed by atoms with Gasteiger partial charge in [-0.3, -0.25) is 0 Å². The monoisotopic (exact) mass is 381 g/mol. The molecule has 0 unspecified atom stereocenters. The van der Waals surface area contributed by atoms with Crippen LogP contribution in [0.5, 0.6) is 0 Å². The van der Waals surface area contributed by atoms with E-state index in [4.69, 9.17) is 0 Å². The lowest BCUT2D eigenvalue weighted by molar-refractivity contribution is -0.128. The van der Waals surface area contributed by atoms with Crippen molar-refractivity contribution in [1.29, 1.82) is 0 Å². The molecule has 8 heteroatoms. The molecule has 0 fully saturated rings. The molecule has 1 heterocycles. The quantitative estimate of drug-likeness (QED) is 0.459. The molecule has 0 aliphatic rings. The van der Waals surface area contributed by atoms with Crippen LogP contribution in [0.15, 0.2) is 47.4 Å². The van der Waals surface area contributed by atoms with Crippen molar-refractivity contribution in [3.8, 4) is 17.1 Å². The van der Waals surface area contributed by atoms with Gasteiger partial charge in [0.25, 0.3) is 0 Å². The fourth-order valence-electron chi connectivity index (χ4n) is 2.55. The average Bonchev–Trinajstić information content (AvgIpc) is 2.96. The number of alkyl halides is 3. The smallest absolute Gasteiger partial charge is 0.213 e. The summed E-state index contributed by atoms with van der Waals surface area (Å²) in [5, 5.41) is 3.98. The van der Waals surface area contributed by atoms with Gasteiger partial charge >= 0.3 is 6.18 Å². The topological polar surface area (TPSA) is 30.7 Å². The third kappa shape index (κ3) is 4.07. The van der Waals surface area contributed by atoms with Gasteiger partial charge in [-0.2, -0.15) is 18.3 Å². The molecule has 3 aromatic rings.